The topological polar surface area (TPSA) is 29.1 Å². The van der Waals surface area contributed by atoms with Crippen LogP contribution in [0.1, 0.15) is 37.3 Å². The van der Waals surface area contributed by atoms with Gasteiger partial charge < -0.3 is 5.32 Å². The largest absolute Gasteiger partial charge is 0.325 e. The quantitative estimate of drug-likeness (QED) is 0.835. The number of hydrogen-bond acceptors (Lipinski definition) is 1. The maximum absolute atomic E-state index is 13.4. The number of benzene rings is 2. The second-order valence-electron chi connectivity index (χ2n) is 5.72. The molecular weight excluding hydrogens is 277 g/mol. The Labute approximate surface area is 131 Å². The van der Waals surface area contributed by atoms with Crippen LogP contribution in [0.3, 0.4) is 0 Å². The number of carbonyl (C=O) groups excluding carboxylic acids is 1. The average Bonchev–Trinajstić information content (AvgIpc) is 2.52. The van der Waals surface area contributed by atoms with Crippen LogP contribution < -0.4 is 5.32 Å². The highest BCUT2D eigenvalue weighted by Crippen LogP contribution is 2.29. The van der Waals surface area contributed by atoms with Crippen molar-refractivity contribution in [2.24, 2.45) is 5.92 Å². The van der Waals surface area contributed by atoms with Gasteiger partial charge in [0, 0.05) is 5.69 Å². The number of nitrogens with one attached hydrogen (secondary N) is 1. The van der Waals surface area contributed by atoms with Crippen LogP contribution in [0.25, 0.3) is 0 Å². The molecule has 0 bridgehead atoms. The van der Waals surface area contributed by atoms with Gasteiger partial charge in [0.2, 0.25) is 5.91 Å². The third-order valence-electron chi connectivity index (χ3n) is 4.11. The van der Waals surface area contributed by atoms with E-state index in [1.165, 1.54) is 12.1 Å². The Hall–Kier alpha value is -2.16. The fourth-order valence-corrected chi connectivity index (χ4v) is 2.57. The van der Waals surface area contributed by atoms with Gasteiger partial charge in [0.15, 0.2) is 0 Å². The summed E-state index contributed by atoms with van der Waals surface area (Å²) in [7, 11) is 0. The van der Waals surface area contributed by atoms with Crippen LogP contribution in [0, 0.1) is 18.7 Å². The fraction of sp³-hybridized carbons (Fsp3) is 0.316. The molecule has 0 heterocycles. The van der Waals surface area contributed by atoms with E-state index in [0.717, 1.165) is 17.5 Å². The Balaban J connectivity index is 2.28. The molecule has 0 saturated heterocycles. The molecule has 22 heavy (non-hydrogen) atoms. The van der Waals surface area contributed by atoms with Crippen molar-refractivity contribution in [3.05, 3.63) is 65.5 Å². The van der Waals surface area contributed by atoms with Gasteiger partial charge >= 0.3 is 0 Å². The fourth-order valence-electron chi connectivity index (χ4n) is 2.57. The average molecular weight is 299 g/mol. The van der Waals surface area contributed by atoms with E-state index in [2.05, 4.69) is 19.2 Å². The Kier molecular flexibility index (Phi) is 5.31. The predicted molar refractivity (Wildman–Crippen MR) is 88.4 cm³/mol. The molecule has 3 heteroatoms. The van der Waals surface area contributed by atoms with Gasteiger partial charge in [0.05, 0.1) is 5.92 Å². The molecule has 0 aliphatic rings. The highest BCUT2D eigenvalue weighted by atomic mass is 19.1. The minimum atomic E-state index is -0.347. The Morgan fingerprint density at radius 2 is 1.86 bits per heavy atom. The number of aryl methyl sites for hydroxylation is 1. The number of carbonyl (C=O) groups is 1. The summed E-state index contributed by atoms with van der Waals surface area (Å²) in [4.78, 5) is 12.7. The van der Waals surface area contributed by atoms with Gasteiger partial charge in [-0.25, -0.2) is 4.39 Å². The van der Waals surface area contributed by atoms with Crippen molar-refractivity contribution in [2.75, 3.05) is 5.32 Å². The molecule has 0 fully saturated rings. The van der Waals surface area contributed by atoms with Gasteiger partial charge in [-0.05, 0) is 36.1 Å². The van der Waals surface area contributed by atoms with E-state index >= 15 is 0 Å². The first-order valence-corrected chi connectivity index (χ1v) is 7.65. The third kappa shape index (κ3) is 3.73. The molecule has 2 aromatic rings. The van der Waals surface area contributed by atoms with Gasteiger partial charge in [-0.3, -0.25) is 4.79 Å². The minimum absolute atomic E-state index is 0.0887. The van der Waals surface area contributed by atoms with Gasteiger partial charge in [0.1, 0.15) is 5.82 Å². The molecule has 0 unspecified atom stereocenters. The predicted octanol–water partition coefficient (Wildman–Crippen LogP) is 4.90. The van der Waals surface area contributed by atoms with E-state index in [1.54, 1.807) is 6.07 Å². The monoisotopic (exact) mass is 299 g/mol. The maximum Gasteiger partial charge on any atom is 0.232 e. The van der Waals surface area contributed by atoms with Crippen LogP contribution >= 0.6 is 0 Å². The van der Waals surface area contributed by atoms with Crippen molar-refractivity contribution in [1.82, 2.24) is 0 Å². The first-order valence-electron chi connectivity index (χ1n) is 7.65. The molecule has 2 atom stereocenters. The van der Waals surface area contributed by atoms with Crippen LogP contribution in [0.4, 0.5) is 10.1 Å². The summed E-state index contributed by atoms with van der Waals surface area (Å²) < 4.78 is 13.4. The summed E-state index contributed by atoms with van der Waals surface area (Å²) in [6, 6.07) is 14.2. The van der Waals surface area contributed by atoms with Gasteiger partial charge in [-0.15, -0.1) is 0 Å². The zero-order valence-corrected chi connectivity index (χ0v) is 13.3. The van der Waals surface area contributed by atoms with E-state index in [-0.39, 0.29) is 23.6 Å². The van der Waals surface area contributed by atoms with Crippen molar-refractivity contribution >= 4 is 11.6 Å². The van der Waals surface area contributed by atoms with E-state index in [9.17, 15) is 9.18 Å². The Morgan fingerprint density at radius 3 is 2.50 bits per heavy atom. The van der Waals surface area contributed by atoms with Crippen LogP contribution in [0.5, 0.6) is 0 Å². The van der Waals surface area contributed by atoms with Gasteiger partial charge in [-0.1, -0.05) is 56.7 Å². The molecule has 0 spiro atoms. The molecule has 0 radical (unpaired) electrons. The second-order valence-corrected chi connectivity index (χ2v) is 5.72. The maximum atomic E-state index is 13.4. The summed E-state index contributed by atoms with van der Waals surface area (Å²) in [5, 5.41) is 2.89. The van der Waals surface area contributed by atoms with Crippen molar-refractivity contribution in [1.29, 1.82) is 0 Å². The SMILES string of the molecule is CC[C@@H](C)[C@@H](C(=O)Nc1cc(F)ccc1C)c1ccccc1. The van der Waals surface area contributed by atoms with E-state index in [0.29, 0.717) is 5.69 Å². The first-order chi connectivity index (χ1) is 10.5. The summed E-state index contributed by atoms with van der Waals surface area (Å²) in [6.07, 6.45) is 0.898. The number of anilines is 1. The Bertz CT molecular complexity index is 639. The lowest BCUT2D eigenvalue weighted by atomic mass is 9.85. The van der Waals surface area contributed by atoms with E-state index in [4.69, 9.17) is 0 Å². The first kappa shape index (κ1) is 16.2. The molecule has 2 aromatic carbocycles. The Morgan fingerprint density at radius 1 is 1.18 bits per heavy atom. The number of rotatable bonds is 5. The van der Waals surface area contributed by atoms with Crippen molar-refractivity contribution in [3.63, 3.8) is 0 Å². The second kappa shape index (κ2) is 7.21. The highest BCUT2D eigenvalue weighted by Gasteiger charge is 2.26. The van der Waals surface area contributed by atoms with Gasteiger partial charge in [0.25, 0.3) is 0 Å². The standard InChI is InChI=1S/C19H22FNO/c1-4-13(2)18(15-8-6-5-7-9-15)19(22)21-17-12-16(20)11-10-14(17)3/h5-13,18H,4H2,1-3H3,(H,21,22)/t13-,18-/m1/s1. The highest BCUT2D eigenvalue weighted by molar-refractivity contribution is 5.96. The van der Waals surface area contributed by atoms with Crippen LogP contribution in [-0.2, 0) is 4.79 Å². The molecule has 0 aliphatic carbocycles. The minimum Gasteiger partial charge on any atom is -0.325 e. The molecule has 1 amide bonds. The lowest BCUT2D eigenvalue weighted by Crippen LogP contribution is -2.26. The molecule has 1 N–H and O–H groups in total. The van der Waals surface area contributed by atoms with Crippen LogP contribution in [0.15, 0.2) is 48.5 Å². The molecule has 2 nitrogen and oxygen atoms in total. The molecule has 0 saturated carbocycles. The number of hydrogen-bond donors (Lipinski definition) is 1. The summed E-state index contributed by atoms with van der Waals surface area (Å²) in [6.45, 7) is 5.99. The number of amides is 1. The van der Waals surface area contributed by atoms with Crippen LogP contribution in [-0.4, -0.2) is 5.91 Å². The normalized spacial score (nSPS) is 13.5. The van der Waals surface area contributed by atoms with E-state index < -0.39 is 0 Å². The summed E-state index contributed by atoms with van der Waals surface area (Å²) in [5.74, 6) is -0.472. The summed E-state index contributed by atoms with van der Waals surface area (Å²) in [5.41, 5.74) is 2.38. The van der Waals surface area contributed by atoms with Crippen LogP contribution in [0.2, 0.25) is 0 Å². The molecular formula is C19H22FNO. The zero-order chi connectivity index (χ0) is 16.1. The molecule has 2 rings (SSSR count). The lowest BCUT2D eigenvalue weighted by molar-refractivity contribution is -0.118. The molecule has 0 aliphatic heterocycles. The molecule has 0 aromatic heterocycles. The number of halogens is 1. The van der Waals surface area contributed by atoms with Gasteiger partial charge in [-0.2, -0.15) is 0 Å². The molecule has 116 valence electrons. The van der Waals surface area contributed by atoms with Crippen molar-refractivity contribution < 1.29 is 9.18 Å². The van der Waals surface area contributed by atoms with Crippen molar-refractivity contribution in [2.45, 2.75) is 33.1 Å². The van der Waals surface area contributed by atoms with Crippen molar-refractivity contribution in [3.8, 4) is 0 Å². The summed E-state index contributed by atoms with van der Waals surface area (Å²) >= 11 is 0. The zero-order valence-electron chi connectivity index (χ0n) is 13.3. The third-order valence-corrected chi connectivity index (χ3v) is 4.11. The van der Waals surface area contributed by atoms with E-state index in [1.807, 2.05) is 37.3 Å². The smallest absolute Gasteiger partial charge is 0.232 e. The lowest BCUT2D eigenvalue weighted by Gasteiger charge is -2.23.